The highest BCUT2D eigenvalue weighted by molar-refractivity contribution is 5.56. The maximum Gasteiger partial charge on any atom is 0.142 e. The summed E-state index contributed by atoms with van der Waals surface area (Å²) in [4.78, 5) is 2.51. The fourth-order valence-corrected chi connectivity index (χ4v) is 2.83. The molecular weight excluding hydrogens is 272 g/mol. The molecule has 0 amide bonds. The second kappa shape index (κ2) is 7.85. The Kier molecular flexibility index (Phi) is 5.32. The highest BCUT2D eigenvalue weighted by Crippen LogP contribution is 2.24. The maximum absolute atomic E-state index is 5.97. The molecule has 3 nitrogen and oxygen atoms in total. The van der Waals surface area contributed by atoms with Crippen molar-refractivity contribution >= 4 is 5.69 Å². The number of hydrogen-bond acceptors (Lipinski definition) is 3. The summed E-state index contributed by atoms with van der Waals surface area (Å²) in [6.45, 7) is 5.16. The molecule has 1 aliphatic rings. The van der Waals surface area contributed by atoms with Crippen molar-refractivity contribution < 1.29 is 4.74 Å². The Morgan fingerprint density at radius 1 is 0.909 bits per heavy atom. The molecule has 1 fully saturated rings. The number of anilines is 1. The predicted octanol–water partition coefficient (Wildman–Crippen LogP) is 3.77. The molecule has 1 heterocycles. The van der Waals surface area contributed by atoms with Gasteiger partial charge in [0.1, 0.15) is 12.4 Å². The van der Waals surface area contributed by atoms with E-state index in [4.69, 9.17) is 4.74 Å². The van der Waals surface area contributed by atoms with Crippen molar-refractivity contribution in [2.75, 3.05) is 31.5 Å². The Labute approximate surface area is 132 Å². The van der Waals surface area contributed by atoms with Crippen molar-refractivity contribution in [1.82, 2.24) is 4.90 Å². The number of benzene rings is 2. The van der Waals surface area contributed by atoms with Crippen molar-refractivity contribution in [2.24, 2.45) is 0 Å². The summed E-state index contributed by atoms with van der Waals surface area (Å²) in [7, 11) is 0. The molecule has 3 rings (SSSR count). The second-order valence-electron chi connectivity index (χ2n) is 5.75. The summed E-state index contributed by atoms with van der Waals surface area (Å²) in [6.07, 6.45) is 2.69. The minimum atomic E-state index is 0.603. The highest BCUT2D eigenvalue weighted by Gasteiger charge is 2.10. The Morgan fingerprint density at radius 3 is 2.45 bits per heavy atom. The molecule has 0 unspecified atom stereocenters. The van der Waals surface area contributed by atoms with Crippen molar-refractivity contribution in [3.8, 4) is 5.75 Å². The van der Waals surface area contributed by atoms with E-state index in [1.54, 1.807) is 0 Å². The van der Waals surface area contributed by atoms with Gasteiger partial charge in [-0.1, -0.05) is 42.5 Å². The zero-order valence-corrected chi connectivity index (χ0v) is 13.0. The van der Waals surface area contributed by atoms with Crippen LogP contribution < -0.4 is 10.1 Å². The van der Waals surface area contributed by atoms with E-state index in [1.165, 1.54) is 31.5 Å². The third-order valence-corrected chi connectivity index (χ3v) is 4.07. The Morgan fingerprint density at radius 2 is 1.64 bits per heavy atom. The van der Waals surface area contributed by atoms with Crippen LogP contribution in [0.3, 0.4) is 0 Å². The van der Waals surface area contributed by atoms with Crippen molar-refractivity contribution in [1.29, 1.82) is 0 Å². The SMILES string of the molecule is c1ccc(COc2ccccc2NCCN2CCCC2)cc1. The molecule has 3 heteroatoms. The standard InChI is InChI=1S/C19H24N2O/c1-2-8-17(9-3-1)16-22-19-11-5-4-10-18(19)20-12-15-21-13-6-7-14-21/h1-5,8-11,20H,6-7,12-16H2. The van der Waals surface area contributed by atoms with Gasteiger partial charge in [0.05, 0.1) is 5.69 Å². The summed E-state index contributed by atoms with van der Waals surface area (Å²) in [6, 6.07) is 18.5. The van der Waals surface area contributed by atoms with E-state index in [1.807, 2.05) is 36.4 Å². The highest BCUT2D eigenvalue weighted by atomic mass is 16.5. The molecule has 2 aromatic rings. The first-order chi connectivity index (χ1) is 10.9. The molecule has 1 saturated heterocycles. The summed E-state index contributed by atoms with van der Waals surface area (Å²) < 4.78 is 5.97. The third kappa shape index (κ3) is 4.25. The van der Waals surface area contributed by atoms with Gasteiger partial charge in [0.15, 0.2) is 0 Å². The normalized spacial score (nSPS) is 14.9. The Hall–Kier alpha value is -2.00. The smallest absolute Gasteiger partial charge is 0.142 e. The molecule has 0 bridgehead atoms. The van der Waals surface area contributed by atoms with E-state index < -0.39 is 0 Å². The number of hydrogen-bond donors (Lipinski definition) is 1. The van der Waals surface area contributed by atoms with Gasteiger partial charge in [0, 0.05) is 13.1 Å². The van der Waals surface area contributed by atoms with Crippen LogP contribution in [-0.4, -0.2) is 31.1 Å². The zero-order valence-electron chi connectivity index (χ0n) is 13.0. The number of likely N-dealkylation sites (tertiary alicyclic amines) is 1. The summed E-state index contributed by atoms with van der Waals surface area (Å²) in [5.74, 6) is 0.924. The largest absolute Gasteiger partial charge is 0.487 e. The van der Waals surface area contributed by atoms with Crippen LogP contribution in [0.1, 0.15) is 18.4 Å². The summed E-state index contributed by atoms with van der Waals surface area (Å²) >= 11 is 0. The van der Waals surface area contributed by atoms with Gasteiger partial charge >= 0.3 is 0 Å². The van der Waals surface area contributed by atoms with Gasteiger partial charge in [-0.15, -0.1) is 0 Å². The van der Waals surface area contributed by atoms with E-state index in [0.717, 1.165) is 24.5 Å². The third-order valence-electron chi connectivity index (χ3n) is 4.07. The molecule has 0 saturated carbocycles. The van der Waals surface area contributed by atoms with Gasteiger partial charge in [-0.3, -0.25) is 0 Å². The zero-order chi connectivity index (χ0) is 15.0. The first-order valence-electron chi connectivity index (χ1n) is 8.14. The lowest BCUT2D eigenvalue weighted by Crippen LogP contribution is -2.26. The van der Waals surface area contributed by atoms with Crippen LogP contribution in [0.2, 0.25) is 0 Å². The fourth-order valence-electron chi connectivity index (χ4n) is 2.83. The van der Waals surface area contributed by atoms with E-state index in [9.17, 15) is 0 Å². The van der Waals surface area contributed by atoms with Crippen molar-refractivity contribution in [2.45, 2.75) is 19.4 Å². The summed E-state index contributed by atoms with van der Waals surface area (Å²) in [5.41, 5.74) is 2.27. The van der Waals surface area contributed by atoms with E-state index >= 15 is 0 Å². The van der Waals surface area contributed by atoms with Crippen LogP contribution in [0.5, 0.6) is 5.75 Å². The quantitative estimate of drug-likeness (QED) is 0.841. The van der Waals surface area contributed by atoms with Crippen molar-refractivity contribution in [3.05, 3.63) is 60.2 Å². The van der Waals surface area contributed by atoms with Gasteiger partial charge in [-0.05, 0) is 43.6 Å². The van der Waals surface area contributed by atoms with E-state index in [2.05, 4.69) is 28.4 Å². The second-order valence-corrected chi connectivity index (χ2v) is 5.75. The number of ether oxygens (including phenoxy) is 1. The van der Waals surface area contributed by atoms with Crippen LogP contribution in [-0.2, 0) is 6.61 Å². The van der Waals surface area contributed by atoms with E-state index in [-0.39, 0.29) is 0 Å². The number of nitrogens with zero attached hydrogens (tertiary/aromatic N) is 1. The average molecular weight is 296 g/mol. The lowest BCUT2D eigenvalue weighted by atomic mass is 10.2. The number of para-hydroxylation sites is 2. The van der Waals surface area contributed by atoms with Crippen LogP contribution in [0.4, 0.5) is 5.69 Å². The first-order valence-corrected chi connectivity index (χ1v) is 8.14. The van der Waals surface area contributed by atoms with Gasteiger partial charge in [0.25, 0.3) is 0 Å². The molecule has 1 aliphatic heterocycles. The minimum Gasteiger partial charge on any atom is -0.487 e. The lowest BCUT2D eigenvalue weighted by molar-refractivity contribution is 0.307. The molecule has 0 radical (unpaired) electrons. The molecule has 22 heavy (non-hydrogen) atoms. The summed E-state index contributed by atoms with van der Waals surface area (Å²) in [5, 5.41) is 3.51. The molecule has 0 aliphatic carbocycles. The van der Waals surface area contributed by atoms with Gasteiger partial charge in [-0.25, -0.2) is 0 Å². The minimum absolute atomic E-state index is 0.603. The van der Waals surface area contributed by atoms with Gasteiger partial charge in [0.2, 0.25) is 0 Å². The molecule has 2 aromatic carbocycles. The van der Waals surface area contributed by atoms with Crippen molar-refractivity contribution in [3.63, 3.8) is 0 Å². The Balaban J connectivity index is 1.52. The van der Waals surface area contributed by atoms with Crippen LogP contribution >= 0.6 is 0 Å². The molecule has 1 N–H and O–H groups in total. The maximum atomic E-state index is 5.97. The van der Waals surface area contributed by atoms with Gasteiger partial charge < -0.3 is 15.0 Å². The monoisotopic (exact) mass is 296 g/mol. The van der Waals surface area contributed by atoms with Crippen LogP contribution in [0.25, 0.3) is 0 Å². The number of rotatable bonds is 7. The first kappa shape index (κ1) is 14.9. The Bertz CT molecular complexity index is 565. The molecule has 0 spiro atoms. The predicted molar refractivity (Wildman–Crippen MR) is 91.4 cm³/mol. The van der Waals surface area contributed by atoms with Crippen LogP contribution in [0, 0.1) is 0 Å². The molecule has 0 aromatic heterocycles. The fraction of sp³-hybridized carbons (Fsp3) is 0.368. The molecular formula is C19H24N2O. The molecule has 116 valence electrons. The topological polar surface area (TPSA) is 24.5 Å². The van der Waals surface area contributed by atoms with Crippen LogP contribution in [0.15, 0.2) is 54.6 Å². The molecule has 0 atom stereocenters. The lowest BCUT2D eigenvalue weighted by Gasteiger charge is -2.17. The number of nitrogens with one attached hydrogen (secondary N) is 1. The van der Waals surface area contributed by atoms with E-state index in [0.29, 0.717) is 6.61 Å². The average Bonchev–Trinajstić information content (AvgIpc) is 3.08. The van der Waals surface area contributed by atoms with Gasteiger partial charge in [-0.2, -0.15) is 0 Å².